The van der Waals surface area contributed by atoms with E-state index in [0.29, 0.717) is 13.1 Å². The molecule has 2 fully saturated rings. The van der Waals surface area contributed by atoms with Crippen molar-refractivity contribution in [1.29, 1.82) is 0 Å². The maximum absolute atomic E-state index is 12.5. The third kappa shape index (κ3) is 3.55. The van der Waals surface area contributed by atoms with Crippen LogP contribution in [-0.2, 0) is 16.1 Å². The average molecular weight is 316 g/mol. The van der Waals surface area contributed by atoms with Crippen molar-refractivity contribution in [2.24, 2.45) is 5.92 Å². The van der Waals surface area contributed by atoms with Crippen LogP contribution in [0.3, 0.4) is 0 Å². The first-order valence-corrected chi connectivity index (χ1v) is 8.36. The highest BCUT2D eigenvalue weighted by Gasteiger charge is 2.40. The Balaban J connectivity index is 1.59. The van der Waals surface area contributed by atoms with Crippen molar-refractivity contribution >= 4 is 11.8 Å². The lowest BCUT2D eigenvalue weighted by Crippen LogP contribution is -2.51. The number of amides is 2. The van der Waals surface area contributed by atoms with Crippen molar-refractivity contribution in [1.82, 2.24) is 10.2 Å². The van der Waals surface area contributed by atoms with E-state index in [0.717, 1.165) is 31.2 Å². The van der Waals surface area contributed by atoms with Crippen LogP contribution in [0.5, 0.6) is 0 Å². The molecule has 1 aliphatic carbocycles. The lowest BCUT2D eigenvalue weighted by atomic mass is 9.97. The number of hydrogen-bond acceptors (Lipinski definition) is 3. The van der Waals surface area contributed by atoms with Gasteiger partial charge < -0.3 is 15.3 Å². The quantitative estimate of drug-likeness (QED) is 0.864. The van der Waals surface area contributed by atoms with Gasteiger partial charge in [0.05, 0.1) is 18.1 Å². The van der Waals surface area contributed by atoms with Crippen LogP contribution < -0.4 is 5.32 Å². The summed E-state index contributed by atoms with van der Waals surface area (Å²) >= 11 is 0. The molecule has 1 aliphatic heterocycles. The van der Waals surface area contributed by atoms with Crippen LogP contribution in [0.4, 0.5) is 0 Å². The van der Waals surface area contributed by atoms with Crippen molar-refractivity contribution in [2.75, 3.05) is 13.2 Å². The second-order valence-electron chi connectivity index (χ2n) is 6.80. The van der Waals surface area contributed by atoms with Crippen molar-refractivity contribution in [2.45, 2.75) is 44.2 Å². The summed E-state index contributed by atoms with van der Waals surface area (Å²) in [5.74, 6) is -0.376. The predicted molar refractivity (Wildman–Crippen MR) is 86.4 cm³/mol. The Kier molecular flexibility index (Phi) is 4.66. The molecule has 1 aromatic carbocycles. The van der Waals surface area contributed by atoms with E-state index in [4.69, 9.17) is 0 Å². The summed E-state index contributed by atoms with van der Waals surface area (Å²) in [6.07, 6.45) is 3.97. The summed E-state index contributed by atoms with van der Waals surface area (Å²) in [5, 5.41) is 12.6. The number of rotatable bonds is 5. The van der Waals surface area contributed by atoms with E-state index in [2.05, 4.69) is 5.32 Å². The van der Waals surface area contributed by atoms with E-state index < -0.39 is 5.54 Å². The topological polar surface area (TPSA) is 69.6 Å². The maximum Gasteiger partial charge on any atom is 0.225 e. The molecule has 2 aliphatic rings. The van der Waals surface area contributed by atoms with Crippen LogP contribution in [0.1, 0.15) is 37.7 Å². The second-order valence-corrected chi connectivity index (χ2v) is 6.80. The van der Waals surface area contributed by atoms with Gasteiger partial charge in [-0.1, -0.05) is 43.2 Å². The Morgan fingerprint density at radius 2 is 1.96 bits per heavy atom. The summed E-state index contributed by atoms with van der Waals surface area (Å²) in [6.45, 7) is 0.989. The van der Waals surface area contributed by atoms with Gasteiger partial charge in [0.15, 0.2) is 0 Å². The fraction of sp³-hybridized carbons (Fsp3) is 0.556. The van der Waals surface area contributed by atoms with Crippen LogP contribution in [0.15, 0.2) is 30.3 Å². The second kappa shape index (κ2) is 6.71. The molecule has 0 bridgehead atoms. The molecule has 2 amide bonds. The van der Waals surface area contributed by atoms with Gasteiger partial charge >= 0.3 is 0 Å². The summed E-state index contributed by atoms with van der Waals surface area (Å²) in [5.41, 5.74) is 0.608. The van der Waals surface area contributed by atoms with Gasteiger partial charge in [-0.05, 0) is 18.4 Å². The number of hydrogen-bond donors (Lipinski definition) is 2. The van der Waals surface area contributed by atoms with Crippen molar-refractivity contribution in [3.05, 3.63) is 35.9 Å². The number of nitrogens with zero attached hydrogens (tertiary/aromatic N) is 1. The fourth-order valence-electron chi connectivity index (χ4n) is 3.64. The number of carbonyl (C=O) groups is 2. The highest BCUT2D eigenvalue weighted by molar-refractivity contribution is 5.89. The molecule has 1 atom stereocenters. The van der Waals surface area contributed by atoms with Gasteiger partial charge in [0.1, 0.15) is 0 Å². The molecule has 124 valence electrons. The number of aliphatic hydroxyl groups is 1. The van der Waals surface area contributed by atoms with E-state index in [9.17, 15) is 14.7 Å². The maximum atomic E-state index is 12.5. The van der Waals surface area contributed by atoms with Gasteiger partial charge in [-0.2, -0.15) is 0 Å². The number of nitrogens with one attached hydrogen (secondary N) is 1. The van der Waals surface area contributed by atoms with Gasteiger partial charge in [0.25, 0.3) is 0 Å². The largest absolute Gasteiger partial charge is 0.394 e. The fourth-order valence-corrected chi connectivity index (χ4v) is 3.64. The minimum absolute atomic E-state index is 0.0207. The zero-order valence-electron chi connectivity index (χ0n) is 13.3. The van der Waals surface area contributed by atoms with Gasteiger partial charge in [0, 0.05) is 19.5 Å². The van der Waals surface area contributed by atoms with Crippen molar-refractivity contribution < 1.29 is 14.7 Å². The molecule has 5 nitrogen and oxygen atoms in total. The van der Waals surface area contributed by atoms with Gasteiger partial charge in [0.2, 0.25) is 11.8 Å². The lowest BCUT2D eigenvalue weighted by Gasteiger charge is -2.29. The third-order valence-corrected chi connectivity index (χ3v) is 5.05. The summed E-state index contributed by atoms with van der Waals surface area (Å²) in [6, 6.07) is 9.82. The van der Waals surface area contributed by atoms with Crippen LogP contribution >= 0.6 is 0 Å². The predicted octanol–water partition coefficient (Wildman–Crippen LogP) is 1.46. The van der Waals surface area contributed by atoms with E-state index in [1.54, 1.807) is 4.90 Å². The van der Waals surface area contributed by atoms with Crippen molar-refractivity contribution in [3.63, 3.8) is 0 Å². The number of benzene rings is 1. The molecule has 1 saturated carbocycles. The van der Waals surface area contributed by atoms with E-state index in [1.165, 1.54) is 0 Å². The molecule has 1 unspecified atom stereocenters. The van der Waals surface area contributed by atoms with E-state index >= 15 is 0 Å². The molecule has 5 heteroatoms. The standard InChI is InChI=1S/C18H24N2O3/c21-13-18(8-4-5-9-18)19-17(23)15-10-16(22)20(12-15)11-14-6-2-1-3-7-14/h1-3,6-7,15,21H,4-5,8-13H2,(H,19,23). The normalized spacial score (nSPS) is 23.3. The van der Waals surface area contributed by atoms with Crippen LogP contribution in [-0.4, -0.2) is 40.5 Å². The highest BCUT2D eigenvalue weighted by Crippen LogP contribution is 2.30. The summed E-state index contributed by atoms with van der Waals surface area (Å²) in [7, 11) is 0. The van der Waals surface area contributed by atoms with Crippen molar-refractivity contribution in [3.8, 4) is 0 Å². The minimum Gasteiger partial charge on any atom is -0.394 e. The van der Waals surface area contributed by atoms with Crippen LogP contribution in [0.2, 0.25) is 0 Å². The molecule has 23 heavy (non-hydrogen) atoms. The Labute approximate surface area is 136 Å². The Morgan fingerprint density at radius 1 is 1.26 bits per heavy atom. The SMILES string of the molecule is O=C(NC1(CO)CCCC1)C1CC(=O)N(Cc2ccccc2)C1. The molecule has 3 rings (SSSR count). The molecular weight excluding hydrogens is 292 g/mol. The molecule has 0 spiro atoms. The Bertz CT molecular complexity index is 567. The third-order valence-electron chi connectivity index (χ3n) is 5.05. The molecule has 1 heterocycles. The smallest absolute Gasteiger partial charge is 0.225 e. The van der Waals surface area contributed by atoms with E-state index in [1.807, 2.05) is 30.3 Å². The number of carbonyl (C=O) groups excluding carboxylic acids is 2. The first kappa shape index (κ1) is 16.0. The lowest BCUT2D eigenvalue weighted by molar-refractivity contribution is -0.130. The number of aliphatic hydroxyl groups excluding tert-OH is 1. The van der Waals surface area contributed by atoms with Gasteiger partial charge in [-0.3, -0.25) is 9.59 Å². The van der Waals surface area contributed by atoms with Crippen LogP contribution in [0, 0.1) is 5.92 Å². The Morgan fingerprint density at radius 3 is 2.61 bits per heavy atom. The van der Waals surface area contributed by atoms with Gasteiger partial charge in [-0.25, -0.2) is 0 Å². The number of likely N-dealkylation sites (tertiary alicyclic amines) is 1. The zero-order valence-corrected chi connectivity index (χ0v) is 13.3. The monoisotopic (exact) mass is 316 g/mol. The minimum atomic E-state index is -0.465. The molecule has 0 radical (unpaired) electrons. The molecule has 1 saturated heterocycles. The first-order valence-electron chi connectivity index (χ1n) is 8.36. The Hall–Kier alpha value is -1.88. The summed E-state index contributed by atoms with van der Waals surface area (Å²) in [4.78, 5) is 26.4. The first-order chi connectivity index (χ1) is 11.1. The zero-order chi connectivity index (χ0) is 16.3. The molecular formula is C18H24N2O3. The summed E-state index contributed by atoms with van der Waals surface area (Å²) < 4.78 is 0. The molecule has 1 aromatic rings. The van der Waals surface area contributed by atoms with E-state index in [-0.39, 0.29) is 30.8 Å². The van der Waals surface area contributed by atoms with Crippen LogP contribution in [0.25, 0.3) is 0 Å². The average Bonchev–Trinajstić information content (AvgIpc) is 3.17. The van der Waals surface area contributed by atoms with Gasteiger partial charge in [-0.15, -0.1) is 0 Å². The highest BCUT2D eigenvalue weighted by atomic mass is 16.3. The molecule has 2 N–H and O–H groups in total. The molecule has 0 aromatic heterocycles.